The van der Waals surface area contributed by atoms with Crippen LogP contribution in [0.3, 0.4) is 0 Å². The predicted molar refractivity (Wildman–Crippen MR) is 69.5 cm³/mol. The Morgan fingerprint density at radius 1 is 1.42 bits per heavy atom. The standard InChI is InChI=1S/C13H17N3O3/c1-8-2-3-9(12(14)18)7-16(8)13(19)10-6-15-5-4-11(10)17/h4-6,8-9H,2-3,7H2,1H3,(H2,14,18)(H,15,17). The number of pyridine rings is 1. The molecular weight excluding hydrogens is 246 g/mol. The molecule has 6 heteroatoms. The molecule has 2 rings (SSSR count). The van der Waals surface area contributed by atoms with Crippen molar-refractivity contribution in [1.29, 1.82) is 0 Å². The molecule has 1 aliphatic heterocycles. The zero-order valence-corrected chi connectivity index (χ0v) is 10.8. The molecule has 0 bridgehead atoms. The molecule has 1 aromatic heterocycles. The molecule has 1 saturated heterocycles. The van der Waals surface area contributed by atoms with Gasteiger partial charge in [0.2, 0.25) is 5.91 Å². The van der Waals surface area contributed by atoms with Gasteiger partial charge in [-0.05, 0) is 19.8 Å². The molecule has 3 N–H and O–H groups in total. The molecule has 2 atom stereocenters. The summed E-state index contributed by atoms with van der Waals surface area (Å²) in [4.78, 5) is 39.6. The molecule has 6 nitrogen and oxygen atoms in total. The lowest BCUT2D eigenvalue weighted by molar-refractivity contribution is -0.123. The number of carbonyl (C=O) groups is 2. The third kappa shape index (κ3) is 2.67. The third-order valence-corrected chi connectivity index (χ3v) is 3.60. The van der Waals surface area contributed by atoms with Crippen molar-refractivity contribution in [2.75, 3.05) is 6.54 Å². The molecule has 1 aliphatic rings. The Hall–Kier alpha value is -2.11. The molecule has 102 valence electrons. The number of H-pyrrole nitrogens is 1. The number of nitrogens with one attached hydrogen (secondary N) is 1. The van der Waals surface area contributed by atoms with Crippen molar-refractivity contribution in [1.82, 2.24) is 9.88 Å². The molecule has 2 amide bonds. The summed E-state index contributed by atoms with van der Waals surface area (Å²) in [5.74, 6) is -1.07. The maximum Gasteiger partial charge on any atom is 0.259 e. The van der Waals surface area contributed by atoms with E-state index in [0.29, 0.717) is 12.8 Å². The molecule has 1 aromatic rings. The van der Waals surface area contributed by atoms with Gasteiger partial charge in [0.05, 0.1) is 5.92 Å². The lowest BCUT2D eigenvalue weighted by atomic mass is 9.92. The lowest BCUT2D eigenvalue weighted by Crippen LogP contribution is -2.49. The number of nitrogens with two attached hydrogens (primary N) is 1. The predicted octanol–water partition coefficient (Wildman–Crippen LogP) is 0.101. The van der Waals surface area contributed by atoms with E-state index in [9.17, 15) is 14.4 Å². The van der Waals surface area contributed by atoms with Crippen molar-refractivity contribution in [3.8, 4) is 0 Å². The average molecular weight is 263 g/mol. The molecular formula is C13H17N3O3. The van der Waals surface area contributed by atoms with Crippen LogP contribution >= 0.6 is 0 Å². The normalized spacial score (nSPS) is 23.1. The van der Waals surface area contributed by atoms with E-state index in [-0.39, 0.29) is 35.4 Å². The highest BCUT2D eigenvalue weighted by Gasteiger charge is 2.32. The first-order valence-corrected chi connectivity index (χ1v) is 6.28. The first kappa shape index (κ1) is 13.3. The molecule has 0 spiro atoms. The van der Waals surface area contributed by atoms with E-state index in [1.165, 1.54) is 18.5 Å². The minimum absolute atomic E-state index is 0.00251. The number of hydrogen-bond donors (Lipinski definition) is 2. The largest absolute Gasteiger partial charge is 0.369 e. The van der Waals surface area contributed by atoms with E-state index in [0.717, 1.165) is 0 Å². The number of amides is 2. The van der Waals surface area contributed by atoms with E-state index in [1.807, 2.05) is 6.92 Å². The van der Waals surface area contributed by atoms with Crippen molar-refractivity contribution in [2.45, 2.75) is 25.8 Å². The summed E-state index contributed by atoms with van der Waals surface area (Å²) < 4.78 is 0. The monoisotopic (exact) mass is 263 g/mol. The molecule has 2 unspecified atom stereocenters. The van der Waals surface area contributed by atoms with Crippen LogP contribution < -0.4 is 11.2 Å². The van der Waals surface area contributed by atoms with Gasteiger partial charge in [-0.15, -0.1) is 0 Å². The van der Waals surface area contributed by atoms with Gasteiger partial charge < -0.3 is 15.6 Å². The Bertz CT molecular complexity index is 552. The molecule has 0 aromatic carbocycles. The zero-order chi connectivity index (χ0) is 14.0. The number of likely N-dealkylation sites (tertiary alicyclic amines) is 1. The summed E-state index contributed by atoms with van der Waals surface area (Å²) >= 11 is 0. The van der Waals surface area contributed by atoms with Crippen LogP contribution in [0, 0.1) is 5.92 Å². The van der Waals surface area contributed by atoms with Crippen LogP contribution in [-0.2, 0) is 4.79 Å². The number of rotatable bonds is 2. The van der Waals surface area contributed by atoms with E-state index in [2.05, 4.69) is 4.98 Å². The maximum absolute atomic E-state index is 12.4. The van der Waals surface area contributed by atoms with E-state index in [4.69, 9.17) is 5.73 Å². The zero-order valence-electron chi connectivity index (χ0n) is 10.8. The highest BCUT2D eigenvalue weighted by Crippen LogP contribution is 2.22. The van der Waals surface area contributed by atoms with Gasteiger partial charge in [-0.1, -0.05) is 0 Å². The topological polar surface area (TPSA) is 96.3 Å². The molecule has 0 radical (unpaired) electrons. The second-order valence-electron chi connectivity index (χ2n) is 4.91. The Morgan fingerprint density at radius 2 is 2.16 bits per heavy atom. The van der Waals surface area contributed by atoms with Crippen LogP contribution in [0.4, 0.5) is 0 Å². The van der Waals surface area contributed by atoms with E-state index >= 15 is 0 Å². The summed E-state index contributed by atoms with van der Waals surface area (Å²) in [6.45, 7) is 2.19. The van der Waals surface area contributed by atoms with Gasteiger partial charge in [0.25, 0.3) is 5.91 Å². The highest BCUT2D eigenvalue weighted by atomic mass is 16.2. The van der Waals surface area contributed by atoms with Gasteiger partial charge in [-0.2, -0.15) is 0 Å². The maximum atomic E-state index is 12.4. The number of carbonyl (C=O) groups excluding carboxylic acids is 2. The Balaban J connectivity index is 2.24. The number of aromatic amines is 1. The van der Waals surface area contributed by atoms with Gasteiger partial charge in [-0.25, -0.2) is 0 Å². The first-order chi connectivity index (χ1) is 9.00. The van der Waals surface area contributed by atoms with Gasteiger partial charge in [-0.3, -0.25) is 14.4 Å². The fourth-order valence-corrected chi connectivity index (χ4v) is 2.36. The summed E-state index contributed by atoms with van der Waals surface area (Å²) in [7, 11) is 0. The SMILES string of the molecule is CC1CCC(C(N)=O)CN1C(=O)c1c[nH]ccc1=O. The smallest absolute Gasteiger partial charge is 0.259 e. The Labute approximate surface area is 110 Å². The summed E-state index contributed by atoms with van der Waals surface area (Å²) in [5.41, 5.74) is 5.07. The summed E-state index contributed by atoms with van der Waals surface area (Å²) in [6, 6.07) is 1.32. The fourth-order valence-electron chi connectivity index (χ4n) is 2.36. The molecule has 19 heavy (non-hydrogen) atoms. The van der Waals surface area contributed by atoms with Crippen molar-refractivity contribution in [2.24, 2.45) is 11.7 Å². The van der Waals surface area contributed by atoms with Crippen molar-refractivity contribution < 1.29 is 9.59 Å². The number of hydrogen-bond acceptors (Lipinski definition) is 3. The van der Waals surface area contributed by atoms with Crippen LogP contribution in [0.1, 0.15) is 30.1 Å². The van der Waals surface area contributed by atoms with Crippen molar-refractivity contribution in [3.05, 3.63) is 34.2 Å². The molecule has 0 saturated carbocycles. The minimum Gasteiger partial charge on any atom is -0.369 e. The Kier molecular flexibility index (Phi) is 3.69. The summed E-state index contributed by atoms with van der Waals surface area (Å²) in [6.07, 6.45) is 4.27. The lowest BCUT2D eigenvalue weighted by Gasteiger charge is -2.36. The quantitative estimate of drug-likeness (QED) is 0.792. The number of piperidine rings is 1. The van der Waals surface area contributed by atoms with Crippen LogP contribution in [0.25, 0.3) is 0 Å². The second kappa shape index (κ2) is 5.26. The highest BCUT2D eigenvalue weighted by molar-refractivity contribution is 5.94. The number of primary amides is 1. The molecule has 0 aliphatic carbocycles. The van der Waals surface area contributed by atoms with Crippen LogP contribution in [0.2, 0.25) is 0 Å². The van der Waals surface area contributed by atoms with Crippen LogP contribution in [0.5, 0.6) is 0 Å². The second-order valence-corrected chi connectivity index (χ2v) is 4.91. The van der Waals surface area contributed by atoms with Gasteiger partial charge >= 0.3 is 0 Å². The fraction of sp³-hybridized carbons (Fsp3) is 0.462. The molecule has 2 heterocycles. The Morgan fingerprint density at radius 3 is 2.79 bits per heavy atom. The van der Waals surface area contributed by atoms with Crippen LogP contribution in [-0.4, -0.2) is 34.3 Å². The van der Waals surface area contributed by atoms with Crippen LogP contribution in [0.15, 0.2) is 23.3 Å². The van der Waals surface area contributed by atoms with E-state index in [1.54, 1.807) is 4.90 Å². The van der Waals surface area contributed by atoms with E-state index < -0.39 is 5.91 Å². The first-order valence-electron chi connectivity index (χ1n) is 6.28. The summed E-state index contributed by atoms with van der Waals surface area (Å²) in [5, 5.41) is 0. The van der Waals surface area contributed by atoms with Crippen molar-refractivity contribution >= 4 is 11.8 Å². The number of nitrogens with zero attached hydrogens (tertiary/aromatic N) is 1. The number of aromatic nitrogens is 1. The third-order valence-electron chi connectivity index (χ3n) is 3.60. The van der Waals surface area contributed by atoms with Gasteiger partial charge in [0, 0.05) is 31.0 Å². The minimum atomic E-state index is -0.397. The van der Waals surface area contributed by atoms with Crippen molar-refractivity contribution in [3.63, 3.8) is 0 Å². The van der Waals surface area contributed by atoms with Gasteiger partial charge in [0.15, 0.2) is 5.43 Å². The molecule has 1 fully saturated rings. The average Bonchev–Trinajstić information content (AvgIpc) is 2.38. The van der Waals surface area contributed by atoms with Gasteiger partial charge in [0.1, 0.15) is 5.56 Å².